The lowest BCUT2D eigenvalue weighted by Crippen LogP contribution is -2.55. The zero-order valence-corrected chi connectivity index (χ0v) is 11.9. The molecule has 0 heterocycles. The highest BCUT2D eigenvalue weighted by molar-refractivity contribution is 5.94. The van der Waals surface area contributed by atoms with Crippen molar-refractivity contribution in [2.24, 2.45) is 5.73 Å². The fourth-order valence-corrected chi connectivity index (χ4v) is 1.79. The molecule has 0 aliphatic heterocycles. The molecule has 2 N–H and O–H groups in total. The van der Waals surface area contributed by atoms with Gasteiger partial charge in [0.15, 0.2) is 6.17 Å². The molecule has 5 nitrogen and oxygen atoms in total. The first kappa shape index (κ1) is 16.4. The molecule has 0 aliphatic rings. The van der Waals surface area contributed by atoms with Gasteiger partial charge in [0.25, 0.3) is 5.91 Å². The lowest BCUT2D eigenvalue weighted by Gasteiger charge is -2.39. The maximum Gasteiger partial charge on any atom is 0.257 e. The van der Waals surface area contributed by atoms with Crippen molar-refractivity contribution in [1.82, 2.24) is 4.90 Å². The van der Waals surface area contributed by atoms with E-state index >= 15 is 0 Å². The van der Waals surface area contributed by atoms with Crippen molar-refractivity contribution in [3.05, 3.63) is 24.4 Å². The number of nitrogens with zero attached hydrogens (tertiary/aromatic N) is 2. The largest absolute Gasteiger partial charge is 0.366 e. The second kappa shape index (κ2) is 6.35. The van der Waals surface area contributed by atoms with E-state index in [1.165, 1.54) is 17.2 Å². The van der Waals surface area contributed by atoms with Gasteiger partial charge in [-0.2, -0.15) is 0 Å². The highest BCUT2D eigenvalue weighted by Crippen LogP contribution is 2.16. The summed E-state index contributed by atoms with van der Waals surface area (Å²) in [6.45, 7) is 7.29. The predicted molar refractivity (Wildman–Crippen MR) is 72.1 cm³/mol. The number of nitrogens with two attached hydrogens (primary N) is 1. The Bertz CT molecular complexity index is 367. The van der Waals surface area contributed by atoms with E-state index in [9.17, 15) is 9.59 Å². The molecule has 0 aliphatic carbocycles. The summed E-state index contributed by atoms with van der Waals surface area (Å²) < 4.78 is 0.568. The molecular weight excluding hydrogens is 230 g/mol. The summed E-state index contributed by atoms with van der Waals surface area (Å²) in [6.07, 6.45) is 3.31. The molecule has 0 aromatic rings. The Kier molecular flexibility index (Phi) is 5.78. The lowest BCUT2D eigenvalue weighted by molar-refractivity contribution is -0.905. The van der Waals surface area contributed by atoms with Gasteiger partial charge >= 0.3 is 0 Å². The van der Waals surface area contributed by atoms with Crippen molar-refractivity contribution in [3.8, 4) is 0 Å². The van der Waals surface area contributed by atoms with Crippen LogP contribution in [0.5, 0.6) is 0 Å². The van der Waals surface area contributed by atoms with Gasteiger partial charge in [-0.25, -0.2) is 0 Å². The number of hydrogen-bond acceptors (Lipinski definition) is 2. The van der Waals surface area contributed by atoms with Gasteiger partial charge in [0.2, 0.25) is 5.91 Å². The van der Waals surface area contributed by atoms with Gasteiger partial charge in [0, 0.05) is 24.3 Å². The molecular formula is C13H24N3O2+. The van der Waals surface area contributed by atoms with Crippen LogP contribution >= 0.6 is 0 Å². The van der Waals surface area contributed by atoms with Crippen LogP contribution in [-0.4, -0.2) is 48.5 Å². The number of primary amides is 1. The van der Waals surface area contributed by atoms with Crippen LogP contribution in [0.3, 0.4) is 0 Å². The van der Waals surface area contributed by atoms with Gasteiger partial charge in [0.05, 0.1) is 21.1 Å². The van der Waals surface area contributed by atoms with Crippen LogP contribution in [0.1, 0.15) is 20.3 Å². The molecule has 0 aromatic carbocycles. The van der Waals surface area contributed by atoms with E-state index in [1.807, 2.05) is 28.1 Å². The molecule has 0 saturated heterocycles. The quantitative estimate of drug-likeness (QED) is 0.433. The van der Waals surface area contributed by atoms with Crippen LogP contribution < -0.4 is 5.73 Å². The van der Waals surface area contributed by atoms with Crippen molar-refractivity contribution in [2.75, 3.05) is 21.1 Å². The van der Waals surface area contributed by atoms with Gasteiger partial charge in [-0.3, -0.25) is 14.5 Å². The second-order valence-corrected chi connectivity index (χ2v) is 5.22. The Balaban J connectivity index is 5.38. The molecule has 0 radical (unpaired) electrons. The van der Waals surface area contributed by atoms with Gasteiger partial charge in [-0.05, 0) is 6.92 Å². The Labute approximate surface area is 109 Å². The summed E-state index contributed by atoms with van der Waals surface area (Å²) in [5, 5.41) is 0. The minimum absolute atomic E-state index is 0.0789. The Morgan fingerprint density at radius 2 is 1.89 bits per heavy atom. The third kappa shape index (κ3) is 4.71. The van der Waals surface area contributed by atoms with Gasteiger partial charge in [-0.1, -0.05) is 13.5 Å². The molecule has 0 saturated carbocycles. The zero-order valence-electron chi connectivity index (χ0n) is 11.9. The standard InChI is InChI=1S/C13H23N3O2/c1-7-12(16(4,5)6)15(9-8-11(14)17)13(18)10(2)3/h8-9,12H,2,7H2,1,3-6H3,(H-,14,17)/p+1. The first-order valence-corrected chi connectivity index (χ1v) is 5.88. The fourth-order valence-electron chi connectivity index (χ4n) is 1.79. The van der Waals surface area contributed by atoms with E-state index in [2.05, 4.69) is 6.58 Å². The topological polar surface area (TPSA) is 63.4 Å². The van der Waals surface area contributed by atoms with Gasteiger partial charge < -0.3 is 10.2 Å². The molecule has 0 fully saturated rings. The van der Waals surface area contributed by atoms with E-state index < -0.39 is 5.91 Å². The van der Waals surface area contributed by atoms with Crippen LogP contribution in [0.4, 0.5) is 0 Å². The minimum atomic E-state index is -0.578. The maximum atomic E-state index is 12.1. The van der Waals surface area contributed by atoms with Gasteiger partial charge in [0.1, 0.15) is 0 Å². The average molecular weight is 254 g/mol. The molecule has 102 valence electrons. The maximum absolute atomic E-state index is 12.1. The summed E-state index contributed by atoms with van der Waals surface area (Å²) in [6, 6.07) is 0. The molecule has 1 unspecified atom stereocenters. The number of amides is 2. The summed E-state index contributed by atoms with van der Waals surface area (Å²) in [5.41, 5.74) is 5.50. The van der Waals surface area contributed by atoms with Crippen LogP contribution in [0.2, 0.25) is 0 Å². The fraction of sp³-hybridized carbons (Fsp3) is 0.538. The number of carbonyl (C=O) groups excluding carboxylic acids is 2. The number of rotatable bonds is 6. The smallest absolute Gasteiger partial charge is 0.257 e. The van der Waals surface area contributed by atoms with Crippen molar-refractivity contribution in [3.63, 3.8) is 0 Å². The monoisotopic (exact) mass is 254 g/mol. The highest BCUT2D eigenvalue weighted by Gasteiger charge is 2.31. The van der Waals surface area contributed by atoms with E-state index in [4.69, 9.17) is 5.73 Å². The molecule has 1 atom stereocenters. The first-order valence-electron chi connectivity index (χ1n) is 5.88. The van der Waals surface area contributed by atoms with Crippen molar-refractivity contribution in [1.29, 1.82) is 0 Å². The van der Waals surface area contributed by atoms with Crippen LogP contribution in [0, 0.1) is 0 Å². The molecule has 0 aromatic heterocycles. The third-order valence-corrected chi connectivity index (χ3v) is 2.58. The molecule has 0 bridgehead atoms. The Morgan fingerprint density at radius 1 is 1.39 bits per heavy atom. The van der Waals surface area contributed by atoms with Crippen LogP contribution in [-0.2, 0) is 9.59 Å². The highest BCUT2D eigenvalue weighted by atomic mass is 16.2. The molecule has 18 heavy (non-hydrogen) atoms. The lowest BCUT2D eigenvalue weighted by atomic mass is 10.2. The van der Waals surface area contributed by atoms with Crippen molar-refractivity contribution < 1.29 is 14.1 Å². The normalized spacial score (nSPS) is 13.4. The summed E-state index contributed by atoms with van der Waals surface area (Å²) in [4.78, 5) is 24.5. The van der Waals surface area contributed by atoms with E-state index in [-0.39, 0.29) is 12.1 Å². The van der Waals surface area contributed by atoms with E-state index in [1.54, 1.807) is 6.92 Å². The number of quaternary nitrogens is 1. The van der Waals surface area contributed by atoms with Crippen molar-refractivity contribution in [2.45, 2.75) is 26.4 Å². The molecule has 0 spiro atoms. The van der Waals surface area contributed by atoms with Crippen molar-refractivity contribution >= 4 is 11.8 Å². The van der Waals surface area contributed by atoms with Crippen LogP contribution in [0.15, 0.2) is 24.4 Å². The van der Waals surface area contributed by atoms with Gasteiger partial charge in [-0.15, -0.1) is 0 Å². The Hall–Kier alpha value is -1.62. The summed E-state index contributed by atoms with van der Waals surface area (Å²) >= 11 is 0. The zero-order chi connectivity index (χ0) is 14.5. The molecule has 2 amide bonds. The third-order valence-electron chi connectivity index (χ3n) is 2.58. The SMILES string of the molecule is C=C(C)C(=O)N(C=CC(N)=O)C(CC)[N+](C)(C)C. The second-order valence-electron chi connectivity index (χ2n) is 5.22. The summed E-state index contributed by atoms with van der Waals surface area (Å²) in [5.74, 6) is -0.779. The molecule has 5 heteroatoms. The first-order chi connectivity index (χ1) is 8.11. The van der Waals surface area contributed by atoms with Crippen LogP contribution in [0.25, 0.3) is 0 Å². The number of carbonyl (C=O) groups is 2. The average Bonchev–Trinajstić information content (AvgIpc) is 2.20. The van der Waals surface area contributed by atoms with E-state index in [0.29, 0.717) is 10.1 Å². The summed E-state index contributed by atoms with van der Waals surface area (Å²) in [7, 11) is 5.97. The predicted octanol–water partition coefficient (Wildman–Crippen LogP) is 0.832. The molecule has 0 rings (SSSR count). The van der Waals surface area contributed by atoms with E-state index in [0.717, 1.165) is 6.42 Å². The Morgan fingerprint density at radius 3 is 2.17 bits per heavy atom. The number of hydrogen-bond donors (Lipinski definition) is 1. The minimum Gasteiger partial charge on any atom is -0.366 e.